The smallest absolute Gasteiger partial charge is 0.264 e. The number of hydrogen-bond acceptors (Lipinski definition) is 4. The van der Waals surface area contributed by atoms with Gasteiger partial charge in [0, 0.05) is 0 Å². The number of amides is 1. The fraction of sp³-hybridized carbons (Fsp3) is 0.269. The number of rotatable bonds is 9. The number of sulfonamides is 1. The molecule has 0 heterocycles. The number of ether oxygens (including phenoxy) is 1. The molecule has 174 valence electrons. The van der Waals surface area contributed by atoms with Gasteiger partial charge in [-0.25, -0.2) is 8.42 Å². The summed E-state index contributed by atoms with van der Waals surface area (Å²) in [7, 11) is -3.94. The largest absolute Gasteiger partial charge is 0.492 e. The summed E-state index contributed by atoms with van der Waals surface area (Å²) in [6.45, 7) is 7.87. The van der Waals surface area contributed by atoms with Gasteiger partial charge in [-0.2, -0.15) is 0 Å². The van der Waals surface area contributed by atoms with E-state index in [2.05, 4.69) is 5.32 Å². The fourth-order valence-electron chi connectivity index (χ4n) is 3.47. The molecular weight excluding hydrogens is 436 g/mol. The van der Waals surface area contributed by atoms with Crippen molar-refractivity contribution >= 4 is 21.6 Å². The van der Waals surface area contributed by atoms with Crippen molar-refractivity contribution in [3.63, 3.8) is 0 Å². The van der Waals surface area contributed by atoms with E-state index in [1.54, 1.807) is 30.3 Å². The summed E-state index contributed by atoms with van der Waals surface area (Å²) < 4.78 is 33.8. The number of carbonyl (C=O) groups is 1. The molecule has 6 nitrogen and oxygen atoms in total. The minimum atomic E-state index is -3.94. The highest BCUT2D eigenvalue weighted by molar-refractivity contribution is 7.92. The summed E-state index contributed by atoms with van der Waals surface area (Å²) in [6, 6.07) is 19.8. The maximum absolute atomic E-state index is 13.5. The first-order valence-corrected chi connectivity index (χ1v) is 12.2. The maximum atomic E-state index is 13.5. The van der Waals surface area contributed by atoms with Crippen LogP contribution in [0.3, 0.4) is 0 Å². The van der Waals surface area contributed by atoms with Gasteiger partial charge in [-0.1, -0.05) is 47.5 Å². The Bertz CT molecular complexity index is 1220. The van der Waals surface area contributed by atoms with Crippen molar-refractivity contribution in [2.45, 2.75) is 32.6 Å². The molecule has 0 saturated carbocycles. The van der Waals surface area contributed by atoms with Gasteiger partial charge in [0.05, 0.1) is 17.1 Å². The summed E-state index contributed by atoms with van der Waals surface area (Å²) in [5, 5.41) is 2.76. The third-order valence-electron chi connectivity index (χ3n) is 5.20. The topological polar surface area (TPSA) is 75.7 Å². The van der Waals surface area contributed by atoms with Crippen molar-refractivity contribution in [1.82, 2.24) is 5.32 Å². The van der Waals surface area contributed by atoms with E-state index >= 15 is 0 Å². The molecule has 0 bridgehead atoms. The molecular formula is C26H30N2O4S. The van der Waals surface area contributed by atoms with E-state index in [9.17, 15) is 13.2 Å². The molecule has 0 atom stereocenters. The molecule has 7 heteroatoms. The Morgan fingerprint density at radius 2 is 1.55 bits per heavy atom. The van der Waals surface area contributed by atoms with Crippen LogP contribution < -0.4 is 14.4 Å². The van der Waals surface area contributed by atoms with Gasteiger partial charge in [-0.3, -0.25) is 9.10 Å². The van der Waals surface area contributed by atoms with Crippen molar-refractivity contribution in [2.24, 2.45) is 0 Å². The predicted molar refractivity (Wildman–Crippen MR) is 131 cm³/mol. The highest BCUT2D eigenvalue weighted by Gasteiger charge is 2.28. The van der Waals surface area contributed by atoms with Crippen LogP contribution in [0.25, 0.3) is 0 Å². The van der Waals surface area contributed by atoms with Gasteiger partial charge in [-0.05, 0) is 69.2 Å². The van der Waals surface area contributed by atoms with E-state index in [0.29, 0.717) is 5.69 Å². The molecule has 3 aromatic carbocycles. The summed E-state index contributed by atoms with van der Waals surface area (Å²) in [4.78, 5) is 12.9. The monoisotopic (exact) mass is 466 g/mol. The Balaban J connectivity index is 1.75. The average molecular weight is 467 g/mol. The summed E-state index contributed by atoms with van der Waals surface area (Å²) in [5.41, 5.74) is 4.32. The number of benzene rings is 3. The van der Waals surface area contributed by atoms with Crippen LogP contribution >= 0.6 is 0 Å². The standard InChI is InChI=1S/C26H30N2O4S/c1-19-8-11-24(12-9-19)33(30,31)28(25-13-10-21(3)16-22(25)4)18-26(29)27-14-15-32-23-7-5-6-20(2)17-23/h5-13,16-17H,14-15,18H2,1-4H3,(H,27,29). The number of aryl methyl sites for hydroxylation is 4. The molecule has 0 unspecified atom stereocenters. The van der Waals surface area contributed by atoms with Gasteiger partial charge in [0.1, 0.15) is 18.9 Å². The van der Waals surface area contributed by atoms with Crippen LogP contribution in [0.15, 0.2) is 71.6 Å². The zero-order chi connectivity index (χ0) is 24.0. The van der Waals surface area contributed by atoms with Gasteiger partial charge in [-0.15, -0.1) is 0 Å². The number of hydrogen-bond donors (Lipinski definition) is 1. The molecule has 0 aliphatic rings. The molecule has 0 saturated heterocycles. The third kappa shape index (κ3) is 6.35. The van der Waals surface area contributed by atoms with Crippen LogP contribution in [-0.4, -0.2) is 34.0 Å². The molecule has 0 radical (unpaired) electrons. The lowest BCUT2D eigenvalue weighted by Crippen LogP contribution is -2.42. The Morgan fingerprint density at radius 3 is 2.21 bits per heavy atom. The summed E-state index contributed by atoms with van der Waals surface area (Å²) in [6.07, 6.45) is 0. The molecule has 33 heavy (non-hydrogen) atoms. The molecule has 3 aromatic rings. The van der Waals surface area contributed by atoms with E-state index in [1.807, 2.05) is 64.1 Å². The third-order valence-corrected chi connectivity index (χ3v) is 6.97. The van der Waals surface area contributed by atoms with Gasteiger partial charge in [0.15, 0.2) is 0 Å². The van der Waals surface area contributed by atoms with Crippen LogP contribution in [0.1, 0.15) is 22.3 Å². The van der Waals surface area contributed by atoms with Crippen molar-refractivity contribution in [1.29, 1.82) is 0 Å². The Morgan fingerprint density at radius 1 is 0.879 bits per heavy atom. The Kier molecular flexibility index (Phi) is 7.76. The highest BCUT2D eigenvalue weighted by atomic mass is 32.2. The number of anilines is 1. The second-order valence-corrected chi connectivity index (χ2v) is 9.99. The molecule has 3 rings (SSSR count). The second-order valence-electron chi connectivity index (χ2n) is 8.13. The lowest BCUT2D eigenvalue weighted by molar-refractivity contribution is -0.119. The zero-order valence-corrected chi connectivity index (χ0v) is 20.3. The molecule has 0 aliphatic carbocycles. The Labute approximate surface area is 196 Å². The minimum Gasteiger partial charge on any atom is -0.492 e. The van der Waals surface area contributed by atoms with Gasteiger partial charge in [0.2, 0.25) is 5.91 Å². The molecule has 1 amide bonds. The molecule has 1 N–H and O–H groups in total. The van der Waals surface area contributed by atoms with Crippen LogP contribution in [-0.2, 0) is 14.8 Å². The fourth-order valence-corrected chi connectivity index (χ4v) is 4.96. The van der Waals surface area contributed by atoms with Crippen LogP contribution in [0.4, 0.5) is 5.69 Å². The SMILES string of the molecule is Cc1ccc(S(=O)(=O)N(CC(=O)NCCOc2cccc(C)c2)c2ccc(C)cc2C)cc1. The number of carbonyl (C=O) groups excluding carboxylic acids is 1. The first-order valence-electron chi connectivity index (χ1n) is 10.8. The first-order chi connectivity index (χ1) is 15.7. The van der Waals surface area contributed by atoms with Gasteiger partial charge >= 0.3 is 0 Å². The first kappa shape index (κ1) is 24.3. The van der Waals surface area contributed by atoms with Crippen molar-refractivity contribution in [3.8, 4) is 5.75 Å². The molecule has 0 spiro atoms. The average Bonchev–Trinajstić information content (AvgIpc) is 2.76. The zero-order valence-electron chi connectivity index (χ0n) is 19.5. The van der Waals surface area contributed by atoms with Gasteiger partial charge < -0.3 is 10.1 Å². The van der Waals surface area contributed by atoms with Crippen LogP contribution in [0.2, 0.25) is 0 Å². The number of nitrogens with zero attached hydrogens (tertiary/aromatic N) is 1. The van der Waals surface area contributed by atoms with Crippen molar-refractivity contribution in [2.75, 3.05) is 24.0 Å². The van der Waals surface area contributed by atoms with E-state index in [0.717, 1.165) is 28.0 Å². The van der Waals surface area contributed by atoms with Crippen molar-refractivity contribution in [3.05, 3.63) is 89.0 Å². The van der Waals surface area contributed by atoms with E-state index in [-0.39, 0.29) is 24.6 Å². The Hall–Kier alpha value is -3.32. The minimum absolute atomic E-state index is 0.142. The van der Waals surface area contributed by atoms with E-state index < -0.39 is 15.9 Å². The molecule has 0 aromatic heterocycles. The normalized spacial score (nSPS) is 11.2. The van der Waals surface area contributed by atoms with E-state index in [4.69, 9.17) is 4.74 Å². The number of nitrogens with one attached hydrogen (secondary N) is 1. The summed E-state index contributed by atoms with van der Waals surface area (Å²) >= 11 is 0. The highest BCUT2D eigenvalue weighted by Crippen LogP contribution is 2.27. The van der Waals surface area contributed by atoms with Crippen LogP contribution in [0.5, 0.6) is 5.75 Å². The lowest BCUT2D eigenvalue weighted by Gasteiger charge is -2.26. The summed E-state index contributed by atoms with van der Waals surface area (Å²) in [5.74, 6) is 0.321. The predicted octanol–water partition coefficient (Wildman–Crippen LogP) is 4.31. The van der Waals surface area contributed by atoms with E-state index in [1.165, 1.54) is 4.31 Å². The molecule has 0 aliphatic heterocycles. The van der Waals surface area contributed by atoms with Gasteiger partial charge in [0.25, 0.3) is 10.0 Å². The van der Waals surface area contributed by atoms with Crippen LogP contribution in [0, 0.1) is 27.7 Å². The quantitative estimate of drug-likeness (QED) is 0.477. The second kappa shape index (κ2) is 10.5. The lowest BCUT2D eigenvalue weighted by atomic mass is 10.1. The maximum Gasteiger partial charge on any atom is 0.264 e. The van der Waals surface area contributed by atoms with Crippen molar-refractivity contribution < 1.29 is 17.9 Å². The molecule has 0 fully saturated rings.